The summed E-state index contributed by atoms with van der Waals surface area (Å²) in [5.74, 6) is -1.15. The van der Waals surface area contributed by atoms with Crippen LogP contribution in [0, 0.1) is 6.92 Å². The van der Waals surface area contributed by atoms with Crippen LogP contribution in [-0.2, 0) is 0 Å². The molecule has 0 bridgehead atoms. The van der Waals surface area contributed by atoms with Crippen LogP contribution in [-0.4, -0.2) is 29.8 Å². The molecule has 5 nitrogen and oxygen atoms in total. The minimum atomic E-state index is -4.34. The van der Waals surface area contributed by atoms with E-state index in [9.17, 15) is 22.8 Å². The Kier molecular flexibility index (Phi) is 4.95. The van der Waals surface area contributed by atoms with E-state index < -0.39 is 31.1 Å². The van der Waals surface area contributed by atoms with E-state index >= 15 is 0 Å². The maximum Gasteiger partial charge on any atom is 0.390 e. The maximum atomic E-state index is 11.9. The number of carboxylic acids is 1. The number of aryl methyl sites for hydroxylation is 1. The molecule has 0 unspecified atom stereocenters. The third-order valence-corrected chi connectivity index (χ3v) is 2.42. The summed E-state index contributed by atoms with van der Waals surface area (Å²) < 4.78 is 35.6. The summed E-state index contributed by atoms with van der Waals surface area (Å²) in [4.78, 5) is 22.2. The second-order valence-corrected chi connectivity index (χ2v) is 4.08. The molecule has 20 heavy (non-hydrogen) atoms. The number of anilines is 1. The van der Waals surface area contributed by atoms with Crippen LogP contribution in [0.3, 0.4) is 0 Å². The van der Waals surface area contributed by atoms with Crippen LogP contribution in [0.15, 0.2) is 18.2 Å². The Balaban J connectivity index is 2.58. The monoisotopic (exact) mass is 290 g/mol. The molecule has 0 aliphatic carbocycles. The number of rotatable bonds is 4. The Morgan fingerprint density at radius 2 is 1.95 bits per heavy atom. The van der Waals surface area contributed by atoms with Crippen molar-refractivity contribution >= 4 is 17.7 Å². The van der Waals surface area contributed by atoms with Crippen LogP contribution in [0.2, 0.25) is 0 Å². The zero-order valence-corrected chi connectivity index (χ0v) is 10.5. The number of nitrogens with one attached hydrogen (secondary N) is 2. The third-order valence-electron chi connectivity index (χ3n) is 2.42. The zero-order chi connectivity index (χ0) is 15.3. The summed E-state index contributed by atoms with van der Waals surface area (Å²) in [6, 6.07) is 3.37. The predicted octanol–water partition coefficient (Wildman–Crippen LogP) is 2.77. The van der Waals surface area contributed by atoms with E-state index in [4.69, 9.17) is 5.11 Å². The first-order chi connectivity index (χ1) is 9.19. The highest BCUT2D eigenvalue weighted by molar-refractivity contribution is 5.94. The van der Waals surface area contributed by atoms with Gasteiger partial charge in [-0.05, 0) is 24.6 Å². The van der Waals surface area contributed by atoms with E-state index in [2.05, 4.69) is 5.32 Å². The van der Waals surface area contributed by atoms with Crippen molar-refractivity contribution in [2.24, 2.45) is 0 Å². The summed E-state index contributed by atoms with van der Waals surface area (Å²) in [7, 11) is 0. The number of aromatic carboxylic acids is 1. The van der Waals surface area contributed by atoms with Crippen molar-refractivity contribution in [3.63, 3.8) is 0 Å². The molecule has 0 radical (unpaired) electrons. The molecule has 0 saturated heterocycles. The molecular formula is C12H13F3N2O3. The van der Waals surface area contributed by atoms with Crippen LogP contribution in [0.1, 0.15) is 22.3 Å². The molecule has 0 saturated carbocycles. The van der Waals surface area contributed by atoms with Crippen molar-refractivity contribution in [2.75, 3.05) is 11.9 Å². The molecule has 2 amide bonds. The SMILES string of the molecule is Cc1ccc(NC(=O)NCCC(F)(F)F)cc1C(=O)O. The Morgan fingerprint density at radius 3 is 2.50 bits per heavy atom. The number of carbonyl (C=O) groups excluding carboxylic acids is 1. The van der Waals surface area contributed by atoms with Gasteiger partial charge in [0.1, 0.15) is 0 Å². The molecular weight excluding hydrogens is 277 g/mol. The van der Waals surface area contributed by atoms with Gasteiger partial charge >= 0.3 is 18.2 Å². The number of carboxylic acid groups (broad SMARTS) is 1. The van der Waals surface area contributed by atoms with Gasteiger partial charge in [-0.1, -0.05) is 6.07 Å². The van der Waals surface area contributed by atoms with E-state index in [0.717, 1.165) is 0 Å². The fraction of sp³-hybridized carbons (Fsp3) is 0.333. The molecule has 110 valence electrons. The van der Waals surface area contributed by atoms with Crippen LogP contribution < -0.4 is 10.6 Å². The number of hydrogen-bond acceptors (Lipinski definition) is 2. The van der Waals surface area contributed by atoms with Gasteiger partial charge in [0, 0.05) is 12.2 Å². The van der Waals surface area contributed by atoms with E-state index in [1.807, 2.05) is 5.32 Å². The largest absolute Gasteiger partial charge is 0.478 e. The minimum Gasteiger partial charge on any atom is -0.478 e. The van der Waals surface area contributed by atoms with Crippen LogP contribution in [0.4, 0.5) is 23.7 Å². The van der Waals surface area contributed by atoms with Crippen LogP contribution in [0.25, 0.3) is 0 Å². The molecule has 1 aromatic carbocycles. The fourth-order valence-electron chi connectivity index (χ4n) is 1.42. The van der Waals surface area contributed by atoms with Gasteiger partial charge in [-0.15, -0.1) is 0 Å². The zero-order valence-electron chi connectivity index (χ0n) is 10.5. The molecule has 0 atom stereocenters. The summed E-state index contributed by atoms with van der Waals surface area (Å²) >= 11 is 0. The first-order valence-corrected chi connectivity index (χ1v) is 5.64. The molecule has 1 aromatic rings. The van der Waals surface area contributed by atoms with Gasteiger partial charge in [0.25, 0.3) is 0 Å². The minimum absolute atomic E-state index is 0.0121. The van der Waals surface area contributed by atoms with Crippen molar-refractivity contribution in [1.29, 1.82) is 0 Å². The lowest BCUT2D eigenvalue weighted by Gasteiger charge is -2.10. The van der Waals surface area contributed by atoms with Gasteiger partial charge in [0.15, 0.2) is 0 Å². The Bertz CT molecular complexity index is 515. The Hall–Kier alpha value is -2.25. The van der Waals surface area contributed by atoms with Gasteiger partial charge in [-0.3, -0.25) is 0 Å². The molecule has 0 aliphatic heterocycles. The number of halogens is 3. The summed E-state index contributed by atoms with van der Waals surface area (Å²) in [5, 5.41) is 13.2. The normalized spacial score (nSPS) is 11.0. The van der Waals surface area contributed by atoms with Gasteiger partial charge < -0.3 is 15.7 Å². The third kappa shape index (κ3) is 5.17. The van der Waals surface area contributed by atoms with Crippen molar-refractivity contribution in [3.05, 3.63) is 29.3 Å². The standard InChI is InChI=1S/C12H13F3N2O3/c1-7-2-3-8(6-9(7)10(18)19)17-11(20)16-5-4-12(13,14)15/h2-3,6H,4-5H2,1H3,(H,18,19)(H2,16,17,20). The first-order valence-electron chi connectivity index (χ1n) is 5.64. The van der Waals surface area contributed by atoms with Crippen molar-refractivity contribution < 1.29 is 27.9 Å². The molecule has 3 N–H and O–H groups in total. The average Bonchev–Trinajstić information content (AvgIpc) is 2.29. The van der Waals surface area contributed by atoms with E-state index in [-0.39, 0.29) is 11.3 Å². The van der Waals surface area contributed by atoms with Crippen molar-refractivity contribution in [1.82, 2.24) is 5.32 Å². The number of carbonyl (C=O) groups is 2. The van der Waals surface area contributed by atoms with Crippen LogP contribution in [0.5, 0.6) is 0 Å². The fourth-order valence-corrected chi connectivity index (χ4v) is 1.42. The quantitative estimate of drug-likeness (QED) is 0.797. The topological polar surface area (TPSA) is 78.4 Å². The molecule has 1 rings (SSSR count). The van der Waals surface area contributed by atoms with Crippen molar-refractivity contribution in [3.8, 4) is 0 Å². The van der Waals surface area contributed by atoms with Gasteiger partial charge in [0.2, 0.25) is 0 Å². The maximum absolute atomic E-state index is 11.9. The number of amides is 2. The van der Waals surface area contributed by atoms with Crippen molar-refractivity contribution in [2.45, 2.75) is 19.5 Å². The number of urea groups is 1. The average molecular weight is 290 g/mol. The van der Waals surface area contributed by atoms with E-state index in [1.165, 1.54) is 18.2 Å². The molecule has 8 heteroatoms. The smallest absolute Gasteiger partial charge is 0.390 e. The van der Waals surface area contributed by atoms with Gasteiger partial charge in [0.05, 0.1) is 12.0 Å². The Morgan fingerprint density at radius 1 is 1.30 bits per heavy atom. The first kappa shape index (κ1) is 15.8. The lowest BCUT2D eigenvalue weighted by atomic mass is 10.1. The molecule has 0 aromatic heterocycles. The Labute approximate surface area is 112 Å². The lowest BCUT2D eigenvalue weighted by Crippen LogP contribution is -2.31. The van der Waals surface area contributed by atoms with E-state index in [1.54, 1.807) is 6.92 Å². The second-order valence-electron chi connectivity index (χ2n) is 4.08. The summed E-state index contributed by atoms with van der Waals surface area (Å²) in [5.41, 5.74) is 0.719. The van der Waals surface area contributed by atoms with Crippen LogP contribution >= 0.6 is 0 Å². The molecule has 0 spiro atoms. The molecule has 0 aliphatic rings. The predicted molar refractivity (Wildman–Crippen MR) is 65.8 cm³/mol. The van der Waals surface area contributed by atoms with E-state index in [0.29, 0.717) is 5.56 Å². The highest BCUT2D eigenvalue weighted by Gasteiger charge is 2.26. The molecule has 0 fully saturated rings. The second kappa shape index (κ2) is 6.27. The summed E-state index contributed by atoms with van der Waals surface area (Å²) in [6.07, 6.45) is -5.47. The number of alkyl halides is 3. The number of benzene rings is 1. The lowest BCUT2D eigenvalue weighted by molar-refractivity contribution is -0.132. The van der Waals surface area contributed by atoms with Gasteiger partial charge in [-0.25, -0.2) is 9.59 Å². The number of hydrogen-bond donors (Lipinski definition) is 3. The van der Waals surface area contributed by atoms with Gasteiger partial charge in [-0.2, -0.15) is 13.2 Å². The highest BCUT2D eigenvalue weighted by Crippen LogP contribution is 2.18. The molecule has 0 heterocycles. The highest BCUT2D eigenvalue weighted by atomic mass is 19.4. The summed E-state index contributed by atoms with van der Waals surface area (Å²) in [6.45, 7) is 1.05.